The van der Waals surface area contributed by atoms with Crippen molar-refractivity contribution in [3.8, 4) is 0 Å². The highest BCUT2D eigenvalue weighted by Gasteiger charge is 2.45. The SMILES string of the molecule is Cc1cc(Nc2nc(NC3CC4CCC(C3)N4C(=O)OC(C)(C)C)nc3cc[nH]c23)n[nH]1. The van der Waals surface area contributed by atoms with Gasteiger partial charge in [0, 0.05) is 36.1 Å². The lowest BCUT2D eigenvalue weighted by molar-refractivity contribution is 0.00682. The van der Waals surface area contributed by atoms with Crippen molar-refractivity contribution in [2.24, 2.45) is 0 Å². The van der Waals surface area contributed by atoms with Crippen LogP contribution in [0.15, 0.2) is 18.3 Å². The molecule has 3 aromatic heterocycles. The molecule has 3 aromatic rings. The van der Waals surface area contributed by atoms with Crippen LogP contribution >= 0.6 is 0 Å². The van der Waals surface area contributed by atoms with Crippen LogP contribution in [0, 0.1) is 6.92 Å². The molecule has 2 fully saturated rings. The predicted octanol–water partition coefficient (Wildman–Crippen LogP) is 4.08. The molecule has 10 heteroatoms. The molecular weight excluding hydrogens is 408 g/mol. The van der Waals surface area contributed by atoms with Crippen molar-refractivity contribution in [1.29, 1.82) is 0 Å². The van der Waals surface area contributed by atoms with Crippen molar-refractivity contribution in [2.75, 3.05) is 10.6 Å². The Bertz CT molecular complexity index is 1120. The number of fused-ring (bicyclic) bond motifs is 3. The number of nitrogens with zero attached hydrogens (tertiary/aromatic N) is 4. The lowest BCUT2D eigenvalue weighted by atomic mass is 9.98. The molecule has 4 N–H and O–H groups in total. The van der Waals surface area contributed by atoms with Gasteiger partial charge in [-0.3, -0.25) is 5.10 Å². The highest BCUT2D eigenvalue weighted by Crippen LogP contribution is 2.38. The summed E-state index contributed by atoms with van der Waals surface area (Å²) in [6, 6.07) is 4.41. The second-order valence-electron chi connectivity index (χ2n) is 9.78. The fourth-order valence-electron chi connectivity index (χ4n) is 4.79. The van der Waals surface area contributed by atoms with Crippen molar-refractivity contribution in [1.82, 2.24) is 30.0 Å². The quantitative estimate of drug-likeness (QED) is 0.484. The second kappa shape index (κ2) is 7.68. The third-order valence-corrected chi connectivity index (χ3v) is 6.03. The van der Waals surface area contributed by atoms with Gasteiger partial charge in [-0.05, 0) is 59.4 Å². The lowest BCUT2D eigenvalue weighted by Crippen LogP contribution is -2.51. The summed E-state index contributed by atoms with van der Waals surface area (Å²) in [5, 5.41) is 14.0. The minimum atomic E-state index is -0.484. The molecule has 0 saturated carbocycles. The zero-order valence-corrected chi connectivity index (χ0v) is 18.9. The van der Waals surface area contributed by atoms with Crippen molar-refractivity contribution in [2.45, 2.75) is 77.1 Å². The molecule has 1 amide bonds. The largest absolute Gasteiger partial charge is 0.444 e. The Hall–Kier alpha value is -3.30. The number of aryl methyl sites for hydroxylation is 1. The first-order chi connectivity index (χ1) is 15.2. The van der Waals surface area contributed by atoms with E-state index in [4.69, 9.17) is 9.72 Å². The predicted molar refractivity (Wildman–Crippen MR) is 122 cm³/mol. The van der Waals surface area contributed by atoms with Crippen molar-refractivity contribution < 1.29 is 9.53 Å². The molecule has 2 saturated heterocycles. The summed E-state index contributed by atoms with van der Waals surface area (Å²) in [6.45, 7) is 7.68. The molecule has 5 rings (SSSR count). The van der Waals surface area contributed by atoms with E-state index in [-0.39, 0.29) is 24.2 Å². The van der Waals surface area contributed by atoms with Gasteiger partial charge < -0.3 is 25.3 Å². The molecule has 2 atom stereocenters. The molecule has 0 aliphatic carbocycles. The van der Waals surface area contributed by atoms with Crippen LogP contribution in [0.3, 0.4) is 0 Å². The lowest BCUT2D eigenvalue weighted by Gasteiger charge is -2.39. The van der Waals surface area contributed by atoms with Crippen LogP contribution in [0.1, 0.15) is 52.1 Å². The summed E-state index contributed by atoms with van der Waals surface area (Å²) in [5.74, 6) is 1.94. The van der Waals surface area contributed by atoms with Gasteiger partial charge in [-0.2, -0.15) is 10.1 Å². The Kier molecular flexibility index (Phi) is 4.94. The highest BCUT2D eigenvalue weighted by molar-refractivity contribution is 5.88. The maximum atomic E-state index is 12.7. The van der Waals surface area contributed by atoms with E-state index in [2.05, 4.69) is 30.8 Å². The van der Waals surface area contributed by atoms with Gasteiger partial charge in [-0.1, -0.05) is 0 Å². The molecule has 2 unspecified atom stereocenters. The fourth-order valence-corrected chi connectivity index (χ4v) is 4.79. The normalized spacial score (nSPS) is 22.9. The number of aromatic amines is 2. The van der Waals surface area contributed by atoms with E-state index >= 15 is 0 Å². The summed E-state index contributed by atoms with van der Waals surface area (Å²) in [4.78, 5) is 27.3. The molecular formula is C22H30N8O2. The van der Waals surface area contributed by atoms with Crippen LogP contribution in [0.5, 0.6) is 0 Å². The van der Waals surface area contributed by atoms with Gasteiger partial charge >= 0.3 is 6.09 Å². The Morgan fingerprint density at radius 3 is 2.62 bits per heavy atom. The second-order valence-corrected chi connectivity index (χ2v) is 9.78. The number of carbonyl (C=O) groups is 1. The molecule has 32 heavy (non-hydrogen) atoms. The average molecular weight is 439 g/mol. The van der Waals surface area contributed by atoms with Gasteiger partial charge in [-0.25, -0.2) is 9.78 Å². The van der Waals surface area contributed by atoms with Crippen LogP contribution < -0.4 is 10.6 Å². The van der Waals surface area contributed by atoms with Crippen molar-refractivity contribution in [3.63, 3.8) is 0 Å². The number of aromatic nitrogens is 5. The first-order valence-electron chi connectivity index (χ1n) is 11.2. The van der Waals surface area contributed by atoms with Crippen LogP contribution in [-0.4, -0.2) is 59.9 Å². The van der Waals surface area contributed by atoms with E-state index < -0.39 is 5.60 Å². The Labute approximate surface area is 186 Å². The molecule has 2 aliphatic rings. The molecule has 5 heterocycles. The maximum absolute atomic E-state index is 12.7. The molecule has 10 nitrogen and oxygen atoms in total. The van der Waals surface area contributed by atoms with Crippen LogP contribution in [-0.2, 0) is 4.74 Å². The van der Waals surface area contributed by atoms with E-state index in [1.54, 1.807) is 0 Å². The Morgan fingerprint density at radius 2 is 1.97 bits per heavy atom. The number of amides is 1. The number of carbonyl (C=O) groups excluding carboxylic acids is 1. The van der Waals surface area contributed by atoms with E-state index in [0.29, 0.717) is 17.6 Å². The molecule has 0 spiro atoms. The minimum absolute atomic E-state index is 0.182. The Balaban J connectivity index is 1.32. The molecule has 170 valence electrons. The molecule has 0 radical (unpaired) electrons. The van der Waals surface area contributed by atoms with Gasteiger partial charge in [0.25, 0.3) is 0 Å². The average Bonchev–Trinajstić information content (AvgIpc) is 3.39. The first-order valence-corrected chi connectivity index (χ1v) is 11.2. The smallest absolute Gasteiger partial charge is 0.410 e. The molecule has 0 aromatic carbocycles. The number of ether oxygens (including phenoxy) is 1. The minimum Gasteiger partial charge on any atom is -0.444 e. The summed E-state index contributed by atoms with van der Waals surface area (Å²) in [5.41, 5.74) is 2.14. The van der Waals surface area contributed by atoms with Crippen LogP contribution in [0.2, 0.25) is 0 Å². The number of anilines is 3. The van der Waals surface area contributed by atoms with Gasteiger partial charge in [0.05, 0.1) is 5.52 Å². The zero-order valence-electron chi connectivity index (χ0n) is 18.9. The fraction of sp³-hybridized carbons (Fsp3) is 0.545. The first kappa shape index (κ1) is 20.6. The van der Waals surface area contributed by atoms with E-state index in [1.807, 2.05) is 50.9 Å². The molecule has 2 aliphatic heterocycles. The van der Waals surface area contributed by atoms with E-state index in [9.17, 15) is 4.79 Å². The third kappa shape index (κ3) is 4.09. The van der Waals surface area contributed by atoms with Crippen LogP contribution in [0.4, 0.5) is 22.4 Å². The third-order valence-electron chi connectivity index (χ3n) is 6.03. The molecule has 2 bridgehead atoms. The number of H-pyrrole nitrogens is 2. The topological polar surface area (TPSA) is 124 Å². The maximum Gasteiger partial charge on any atom is 0.410 e. The van der Waals surface area contributed by atoms with Gasteiger partial charge in [-0.15, -0.1) is 0 Å². The summed E-state index contributed by atoms with van der Waals surface area (Å²) in [6.07, 6.45) is 5.37. The number of rotatable bonds is 4. The van der Waals surface area contributed by atoms with Gasteiger partial charge in [0.1, 0.15) is 11.1 Å². The summed E-state index contributed by atoms with van der Waals surface area (Å²) in [7, 11) is 0. The van der Waals surface area contributed by atoms with Gasteiger partial charge in [0.2, 0.25) is 5.95 Å². The number of piperidine rings is 1. The number of hydrogen-bond donors (Lipinski definition) is 4. The Morgan fingerprint density at radius 1 is 1.22 bits per heavy atom. The van der Waals surface area contributed by atoms with Crippen molar-refractivity contribution in [3.05, 3.63) is 24.0 Å². The van der Waals surface area contributed by atoms with Gasteiger partial charge in [0.15, 0.2) is 11.6 Å². The summed E-state index contributed by atoms with van der Waals surface area (Å²) >= 11 is 0. The monoisotopic (exact) mass is 438 g/mol. The highest BCUT2D eigenvalue weighted by atomic mass is 16.6. The van der Waals surface area contributed by atoms with E-state index in [1.165, 1.54) is 0 Å². The van der Waals surface area contributed by atoms with Crippen LogP contribution in [0.25, 0.3) is 11.0 Å². The number of nitrogens with one attached hydrogen (secondary N) is 4. The zero-order chi connectivity index (χ0) is 22.5. The van der Waals surface area contributed by atoms with E-state index in [0.717, 1.165) is 42.4 Å². The summed E-state index contributed by atoms with van der Waals surface area (Å²) < 4.78 is 5.65. The standard InChI is InChI=1S/C22H30N8O2/c1-12-9-17(29-28-12)26-19-18-16(7-8-23-18)25-20(27-19)24-13-10-14-5-6-15(11-13)30(14)21(31)32-22(2,3)4/h7-9,13-15,23H,5-6,10-11H2,1-4H3,(H3,24,25,26,27,28,29). The number of hydrogen-bond acceptors (Lipinski definition) is 7. The van der Waals surface area contributed by atoms with Crippen molar-refractivity contribution >= 4 is 34.7 Å².